The Labute approximate surface area is 190 Å². The first-order valence-corrected chi connectivity index (χ1v) is 13.5. The number of carbonyl (C=O) groups is 3. The third-order valence-corrected chi connectivity index (χ3v) is 9.21. The molecule has 0 aromatic heterocycles. The van der Waals surface area contributed by atoms with Gasteiger partial charge in [-0.05, 0) is 50.4 Å². The summed E-state index contributed by atoms with van der Waals surface area (Å²) >= 11 is 0. The second-order valence-electron chi connectivity index (χ2n) is 10.3. The molecule has 0 unspecified atom stereocenters. The van der Waals surface area contributed by atoms with Gasteiger partial charge in [-0.25, -0.2) is 8.42 Å². The average molecular weight is 466 g/mol. The Balaban J connectivity index is 1.57. The Hall–Kier alpha value is -1.90. The van der Waals surface area contributed by atoms with Crippen LogP contribution in [0.1, 0.15) is 71.6 Å². The second kappa shape index (κ2) is 8.80. The third-order valence-electron chi connectivity index (χ3n) is 7.39. The molecule has 0 bridgehead atoms. The van der Waals surface area contributed by atoms with E-state index >= 15 is 0 Å². The van der Waals surface area contributed by atoms with Crippen LogP contribution in [0, 0.1) is 17.8 Å². The van der Waals surface area contributed by atoms with Crippen molar-refractivity contribution in [1.82, 2.24) is 14.9 Å². The smallest absolute Gasteiger partial charge is 0.259 e. The molecule has 8 nitrogen and oxygen atoms in total. The predicted molar refractivity (Wildman–Crippen MR) is 120 cm³/mol. The van der Waals surface area contributed by atoms with E-state index in [9.17, 15) is 22.8 Å². The molecule has 2 N–H and O–H groups in total. The highest BCUT2D eigenvalue weighted by atomic mass is 32.2. The second-order valence-corrected chi connectivity index (χ2v) is 12.3. The molecular formula is C23H35N3O5S. The normalized spacial score (nSPS) is 37.4. The van der Waals surface area contributed by atoms with Crippen LogP contribution in [0.3, 0.4) is 0 Å². The van der Waals surface area contributed by atoms with Crippen molar-refractivity contribution in [3.8, 4) is 0 Å². The average Bonchev–Trinajstić information content (AvgIpc) is 3.62. The molecule has 0 aromatic rings. The van der Waals surface area contributed by atoms with Gasteiger partial charge in [0.15, 0.2) is 0 Å². The van der Waals surface area contributed by atoms with Crippen molar-refractivity contribution in [3.63, 3.8) is 0 Å². The number of allylic oxidation sites excluding steroid dienone is 1. The maximum absolute atomic E-state index is 13.2. The van der Waals surface area contributed by atoms with Crippen LogP contribution in [-0.4, -0.2) is 54.4 Å². The molecule has 178 valence electrons. The molecule has 5 atom stereocenters. The van der Waals surface area contributed by atoms with Crippen molar-refractivity contribution in [2.45, 2.75) is 88.5 Å². The van der Waals surface area contributed by atoms with Crippen LogP contribution in [0.5, 0.6) is 0 Å². The van der Waals surface area contributed by atoms with Gasteiger partial charge in [0, 0.05) is 18.9 Å². The Morgan fingerprint density at radius 3 is 2.56 bits per heavy atom. The summed E-state index contributed by atoms with van der Waals surface area (Å²) in [7, 11) is -3.71. The van der Waals surface area contributed by atoms with E-state index in [2.05, 4.69) is 30.0 Å². The Morgan fingerprint density at radius 1 is 1.09 bits per heavy atom. The summed E-state index contributed by atoms with van der Waals surface area (Å²) in [6.45, 7) is 4.73. The van der Waals surface area contributed by atoms with Gasteiger partial charge in [-0.15, -0.1) is 0 Å². The van der Waals surface area contributed by atoms with Crippen molar-refractivity contribution in [1.29, 1.82) is 0 Å². The first-order valence-electron chi connectivity index (χ1n) is 12.0. The Bertz CT molecular complexity index is 913. The zero-order chi connectivity index (χ0) is 23.1. The highest BCUT2D eigenvalue weighted by Gasteiger charge is 2.61. The van der Waals surface area contributed by atoms with E-state index in [1.807, 2.05) is 6.08 Å². The standard InChI is InChI=1S/C23H35N3O5S/c1-15-5-3-6-16(2)13-20(27)26-12-4-7-19(26)21(28)24-23(14-17(23)9-8-15)22(29)25-32(30,31)18-10-11-18/h8-9,15-19H,3-7,10-14H2,1-2H3,(H,24,28)(H,25,29)/b9-8-/t15-,16+,17-,19-,23+/m0/s1. The fourth-order valence-corrected chi connectivity index (χ4v) is 6.39. The van der Waals surface area contributed by atoms with Gasteiger partial charge in [-0.2, -0.15) is 0 Å². The summed E-state index contributed by atoms with van der Waals surface area (Å²) in [5.74, 6) is -0.726. The molecule has 3 fully saturated rings. The number of hydrogen-bond donors (Lipinski definition) is 2. The van der Waals surface area contributed by atoms with Gasteiger partial charge in [0.2, 0.25) is 21.8 Å². The monoisotopic (exact) mass is 465 g/mol. The SMILES string of the molecule is C[C@@H]1CCC[C@H](C)/C=C\[C@H]2C[C@@]2(C(=O)NS(=O)(=O)C2CC2)NC(=O)[C@@H]2CCCN2C(=O)C1. The first-order chi connectivity index (χ1) is 15.1. The number of carbonyl (C=O) groups excluding carboxylic acids is 3. The van der Waals surface area contributed by atoms with E-state index in [4.69, 9.17) is 0 Å². The largest absolute Gasteiger partial charge is 0.339 e. The third kappa shape index (κ3) is 4.87. The molecule has 2 aliphatic heterocycles. The van der Waals surface area contributed by atoms with Crippen LogP contribution < -0.4 is 10.0 Å². The summed E-state index contributed by atoms with van der Waals surface area (Å²) in [4.78, 5) is 40.9. The predicted octanol–water partition coefficient (Wildman–Crippen LogP) is 1.86. The lowest BCUT2D eigenvalue weighted by atomic mass is 9.95. The number of hydrogen-bond acceptors (Lipinski definition) is 5. The molecule has 2 aliphatic carbocycles. The van der Waals surface area contributed by atoms with Gasteiger partial charge < -0.3 is 10.2 Å². The minimum Gasteiger partial charge on any atom is -0.339 e. The number of nitrogens with zero attached hydrogens (tertiary/aromatic N) is 1. The molecule has 3 amide bonds. The van der Waals surface area contributed by atoms with E-state index in [1.54, 1.807) is 4.90 Å². The maximum Gasteiger partial charge on any atom is 0.259 e. The zero-order valence-electron chi connectivity index (χ0n) is 19.0. The highest BCUT2D eigenvalue weighted by Crippen LogP contribution is 2.46. The molecule has 32 heavy (non-hydrogen) atoms. The minimum atomic E-state index is -3.71. The molecule has 2 saturated carbocycles. The number of fused-ring (bicyclic) bond motifs is 2. The maximum atomic E-state index is 13.2. The van der Waals surface area contributed by atoms with E-state index in [0.717, 1.165) is 25.7 Å². The highest BCUT2D eigenvalue weighted by molar-refractivity contribution is 7.91. The summed E-state index contributed by atoms with van der Waals surface area (Å²) < 4.78 is 27.0. The lowest BCUT2D eigenvalue weighted by Gasteiger charge is -2.27. The lowest BCUT2D eigenvalue weighted by Crippen LogP contribution is -2.56. The van der Waals surface area contributed by atoms with E-state index < -0.39 is 32.8 Å². The van der Waals surface area contributed by atoms with Crippen LogP contribution in [-0.2, 0) is 24.4 Å². The molecule has 1 saturated heterocycles. The Kier molecular flexibility index (Phi) is 6.40. The molecule has 4 rings (SSSR count). The summed E-state index contributed by atoms with van der Waals surface area (Å²) in [5.41, 5.74) is -1.26. The number of amides is 3. The van der Waals surface area contributed by atoms with Crippen LogP contribution in [0.15, 0.2) is 12.2 Å². The number of nitrogens with one attached hydrogen (secondary N) is 2. The van der Waals surface area contributed by atoms with Crippen molar-refractivity contribution in [2.24, 2.45) is 17.8 Å². The van der Waals surface area contributed by atoms with E-state index in [-0.39, 0.29) is 23.7 Å². The van der Waals surface area contributed by atoms with Gasteiger partial charge in [-0.1, -0.05) is 38.8 Å². The number of rotatable bonds is 3. The lowest BCUT2D eigenvalue weighted by molar-refractivity contribution is -0.140. The van der Waals surface area contributed by atoms with Gasteiger partial charge in [-0.3, -0.25) is 19.1 Å². The van der Waals surface area contributed by atoms with Crippen molar-refractivity contribution < 1.29 is 22.8 Å². The topological polar surface area (TPSA) is 113 Å². The van der Waals surface area contributed by atoms with Crippen molar-refractivity contribution in [2.75, 3.05) is 6.54 Å². The van der Waals surface area contributed by atoms with Crippen LogP contribution in [0.25, 0.3) is 0 Å². The van der Waals surface area contributed by atoms with Crippen LogP contribution in [0.4, 0.5) is 0 Å². The Morgan fingerprint density at radius 2 is 1.84 bits per heavy atom. The molecule has 0 aromatic carbocycles. The minimum absolute atomic E-state index is 0.0154. The molecule has 4 aliphatic rings. The summed E-state index contributed by atoms with van der Waals surface area (Å²) in [5, 5.41) is 2.36. The van der Waals surface area contributed by atoms with Crippen LogP contribution in [0.2, 0.25) is 0 Å². The van der Waals surface area contributed by atoms with Gasteiger partial charge in [0.05, 0.1) is 5.25 Å². The molecule has 9 heteroatoms. The molecule has 0 spiro atoms. The van der Waals surface area contributed by atoms with Gasteiger partial charge in [0.1, 0.15) is 11.6 Å². The van der Waals surface area contributed by atoms with Gasteiger partial charge in [0.25, 0.3) is 5.91 Å². The summed E-state index contributed by atoms with van der Waals surface area (Å²) in [6.07, 6.45) is 10.2. The molecular weight excluding hydrogens is 430 g/mol. The van der Waals surface area contributed by atoms with E-state index in [0.29, 0.717) is 44.6 Å². The van der Waals surface area contributed by atoms with Crippen molar-refractivity contribution in [3.05, 3.63) is 12.2 Å². The fraction of sp³-hybridized carbons (Fsp3) is 0.783. The molecule has 0 radical (unpaired) electrons. The number of sulfonamides is 1. The quantitative estimate of drug-likeness (QED) is 0.618. The molecule has 2 heterocycles. The zero-order valence-corrected chi connectivity index (χ0v) is 19.8. The summed E-state index contributed by atoms with van der Waals surface area (Å²) in [6, 6.07) is -0.603. The van der Waals surface area contributed by atoms with Crippen molar-refractivity contribution >= 4 is 27.7 Å². The first kappa shape index (κ1) is 23.3. The fourth-order valence-electron chi connectivity index (χ4n) is 5.03. The van der Waals surface area contributed by atoms with Crippen LogP contribution >= 0.6 is 0 Å². The van der Waals surface area contributed by atoms with Gasteiger partial charge >= 0.3 is 0 Å². The van der Waals surface area contributed by atoms with E-state index in [1.165, 1.54) is 0 Å².